The molecule has 100 valence electrons. The van der Waals surface area contributed by atoms with Crippen LogP contribution in [0.5, 0.6) is 11.5 Å². The molecule has 1 unspecified atom stereocenters. The number of carboxylic acids is 1. The molecule has 18 heavy (non-hydrogen) atoms. The Kier molecular flexibility index (Phi) is 3.86. The third kappa shape index (κ3) is 2.73. The van der Waals surface area contributed by atoms with Crippen LogP contribution in [0.4, 0.5) is 0 Å². The van der Waals surface area contributed by atoms with E-state index in [4.69, 9.17) is 15.6 Å². The Hall–Kier alpha value is -1.75. The molecular weight excluding hydrogens is 234 g/mol. The van der Waals surface area contributed by atoms with Gasteiger partial charge in [0, 0.05) is 11.1 Å². The van der Waals surface area contributed by atoms with E-state index in [0.717, 1.165) is 0 Å². The Labute approximate surface area is 106 Å². The summed E-state index contributed by atoms with van der Waals surface area (Å²) in [4.78, 5) is 10.9. The molecule has 5 heteroatoms. The first kappa shape index (κ1) is 14.3. The van der Waals surface area contributed by atoms with Gasteiger partial charge in [0.1, 0.15) is 17.5 Å². The summed E-state index contributed by atoms with van der Waals surface area (Å²) in [6, 6.07) is 1.77. The van der Waals surface area contributed by atoms with Crippen LogP contribution in [0, 0.1) is 0 Å². The summed E-state index contributed by atoms with van der Waals surface area (Å²) in [5.41, 5.74) is 6.22. The van der Waals surface area contributed by atoms with Gasteiger partial charge in [-0.15, -0.1) is 0 Å². The number of phenols is 1. The van der Waals surface area contributed by atoms with Crippen LogP contribution in [0.15, 0.2) is 12.1 Å². The lowest BCUT2D eigenvalue weighted by molar-refractivity contribution is -0.138. The van der Waals surface area contributed by atoms with Crippen molar-refractivity contribution in [3.63, 3.8) is 0 Å². The van der Waals surface area contributed by atoms with Gasteiger partial charge in [0.2, 0.25) is 0 Å². The number of benzene rings is 1. The van der Waals surface area contributed by atoms with Gasteiger partial charge in [-0.1, -0.05) is 20.8 Å². The quantitative estimate of drug-likeness (QED) is 0.763. The molecule has 1 rings (SSSR count). The fraction of sp³-hybridized carbons (Fsp3) is 0.462. The van der Waals surface area contributed by atoms with Gasteiger partial charge in [-0.05, 0) is 17.5 Å². The molecule has 5 nitrogen and oxygen atoms in total. The summed E-state index contributed by atoms with van der Waals surface area (Å²) in [7, 11) is 1.44. The molecule has 0 aromatic heterocycles. The van der Waals surface area contributed by atoms with Crippen LogP contribution in [0.2, 0.25) is 0 Å². The van der Waals surface area contributed by atoms with E-state index in [0.29, 0.717) is 11.3 Å². The summed E-state index contributed by atoms with van der Waals surface area (Å²) in [6.07, 6.45) is 0. The molecule has 0 aliphatic rings. The van der Waals surface area contributed by atoms with Crippen LogP contribution < -0.4 is 10.5 Å². The molecule has 0 bridgehead atoms. The monoisotopic (exact) mass is 253 g/mol. The summed E-state index contributed by atoms with van der Waals surface area (Å²) in [6.45, 7) is 5.83. The second-order valence-corrected chi connectivity index (χ2v) is 5.18. The van der Waals surface area contributed by atoms with Crippen LogP contribution in [-0.4, -0.2) is 23.3 Å². The predicted octanol–water partition coefficient (Wildman–Crippen LogP) is 1.78. The first-order valence-electron chi connectivity index (χ1n) is 5.58. The molecule has 0 heterocycles. The zero-order valence-corrected chi connectivity index (χ0v) is 11.0. The van der Waals surface area contributed by atoms with Crippen molar-refractivity contribution in [2.75, 3.05) is 7.11 Å². The first-order valence-corrected chi connectivity index (χ1v) is 5.58. The number of hydrogen-bond acceptors (Lipinski definition) is 4. The molecule has 0 amide bonds. The van der Waals surface area contributed by atoms with Crippen molar-refractivity contribution < 1.29 is 19.7 Å². The summed E-state index contributed by atoms with van der Waals surface area (Å²) in [5.74, 6) is -0.779. The zero-order chi connectivity index (χ0) is 14.1. The number of nitrogens with two attached hydrogens (primary N) is 1. The van der Waals surface area contributed by atoms with Crippen molar-refractivity contribution in [3.05, 3.63) is 23.3 Å². The maximum absolute atomic E-state index is 10.9. The lowest BCUT2D eigenvalue weighted by Gasteiger charge is -2.23. The highest BCUT2D eigenvalue weighted by Crippen LogP contribution is 2.37. The molecule has 1 aromatic carbocycles. The lowest BCUT2D eigenvalue weighted by Crippen LogP contribution is -2.22. The minimum Gasteiger partial charge on any atom is -0.508 e. The average molecular weight is 253 g/mol. The van der Waals surface area contributed by atoms with Crippen LogP contribution in [-0.2, 0) is 10.2 Å². The lowest BCUT2D eigenvalue weighted by atomic mass is 9.85. The molecule has 0 fully saturated rings. The van der Waals surface area contributed by atoms with E-state index in [1.165, 1.54) is 13.2 Å². The average Bonchev–Trinajstić information content (AvgIpc) is 2.25. The van der Waals surface area contributed by atoms with Crippen molar-refractivity contribution in [3.8, 4) is 11.5 Å². The minimum atomic E-state index is -1.22. The number of carbonyl (C=O) groups is 1. The number of methoxy groups -OCH3 is 1. The smallest absolute Gasteiger partial charge is 0.325 e. The standard InChI is InChI=1S/C13H19NO4/c1-13(2,3)8-6-10(18-4)7(5-9(8)15)11(14)12(16)17/h5-6,11,15H,14H2,1-4H3,(H,16,17). The molecule has 0 aliphatic heterocycles. The van der Waals surface area contributed by atoms with Crippen molar-refractivity contribution in [1.82, 2.24) is 0 Å². The van der Waals surface area contributed by atoms with Gasteiger partial charge in [0.05, 0.1) is 7.11 Å². The zero-order valence-electron chi connectivity index (χ0n) is 11.0. The number of phenolic OH excluding ortho intramolecular Hbond substituents is 1. The molecule has 1 aromatic rings. The van der Waals surface area contributed by atoms with E-state index < -0.39 is 12.0 Å². The van der Waals surface area contributed by atoms with E-state index in [9.17, 15) is 9.90 Å². The maximum atomic E-state index is 10.9. The highest BCUT2D eigenvalue weighted by molar-refractivity contribution is 5.77. The molecule has 0 aliphatic carbocycles. The van der Waals surface area contributed by atoms with E-state index in [-0.39, 0.29) is 16.7 Å². The van der Waals surface area contributed by atoms with Crippen molar-refractivity contribution in [2.24, 2.45) is 5.73 Å². The number of aliphatic carboxylic acids is 1. The van der Waals surface area contributed by atoms with Gasteiger partial charge in [-0.3, -0.25) is 4.79 Å². The summed E-state index contributed by atoms with van der Waals surface area (Å²) in [5, 5.41) is 18.9. The maximum Gasteiger partial charge on any atom is 0.325 e. The summed E-state index contributed by atoms with van der Waals surface area (Å²) < 4.78 is 5.15. The topological polar surface area (TPSA) is 92.8 Å². The molecule has 1 atom stereocenters. The van der Waals surface area contributed by atoms with Gasteiger partial charge in [0.25, 0.3) is 0 Å². The SMILES string of the molecule is COc1cc(C(C)(C)C)c(O)cc1C(N)C(=O)O. The van der Waals surface area contributed by atoms with E-state index in [2.05, 4.69) is 0 Å². The van der Waals surface area contributed by atoms with Crippen LogP contribution in [0.3, 0.4) is 0 Å². The third-order valence-electron chi connectivity index (χ3n) is 2.76. The fourth-order valence-electron chi connectivity index (χ4n) is 1.74. The largest absolute Gasteiger partial charge is 0.508 e. The van der Waals surface area contributed by atoms with Crippen LogP contribution >= 0.6 is 0 Å². The van der Waals surface area contributed by atoms with Gasteiger partial charge in [-0.25, -0.2) is 0 Å². The van der Waals surface area contributed by atoms with Crippen molar-refractivity contribution >= 4 is 5.97 Å². The number of hydrogen-bond donors (Lipinski definition) is 3. The van der Waals surface area contributed by atoms with Gasteiger partial charge in [-0.2, -0.15) is 0 Å². The summed E-state index contributed by atoms with van der Waals surface area (Å²) >= 11 is 0. The second-order valence-electron chi connectivity index (χ2n) is 5.18. The highest BCUT2D eigenvalue weighted by Gasteiger charge is 2.25. The van der Waals surface area contributed by atoms with Gasteiger partial charge in [0.15, 0.2) is 0 Å². The number of aromatic hydroxyl groups is 1. The molecule has 0 saturated heterocycles. The Bertz CT molecular complexity index is 463. The molecular formula is C13H19NO4. The number of carboxylic acid groups (broad SMARTS) is 1. The second kappa shape index (κ2) is 4.86. The van der Waals surface area contributed by atoms with Gasteiger partial charge >= 0.3 is 5.97 Å². The Morgan fingerprint density at radius 2 is 1.94 bits per heavy atom. The Morgan fingerprint density at radius 3 is 2.33 bits per heavy atom. The molecule has 0 saturated carbocycles. The third-order valence-corrected chi connectivity index (χ3v) is 2.76. The van der Waals surface area contributed by atoms with E-state index in [1.54, 1.807) is 6.07 Å². The Balaban J connectivity index is 3.41. The van der Waals surface area contributed by atoms with Crippen molar-refractivity contribution in [2.45, 2.75) is 32.2 Å². The minimum absolute atomic E-state index is 0.0231. The van der Waals surface area contributed by atoms with Gasteiger partial charge < -0.3 is 20.7 Å². The molecule has 0 radical (unpaired) electrons. The van der Waals surface area contributed by atoms with Crippen molar-refractivity contribution in [1.29, 1.82) is 0 Å². The fourth-order valence-corrected chi connectivity index (χ4v) is 1.74. The Morgan fingerprint density at radius 1 is 1.39 bits per heavy atom. The van der Waals surface area contributed by atoms with Crippen LogP contribution in [0.25, 0.3) is 0 Å². The molecule has 0 spiro atoms. The molecule has 4 N–H and O–H groups in total. The van der Waals surface area contributed by atoms with E-state index >= 15 is 0 Å². The normalized spacial score (nSPS) is 13.2. The number of ether oxygens (including phenoxy) is 1. The first-order chi connectivity index (χ1) is 8.18. The van der Waals surface area contributed by atoms with Crippen LogP contribution in [0.1, 0.15) is 37.9 Å². The highest BCUT2D eigenvalue weighted by atomic mass is 16.5. The number of rotatable bonds is 3. The predicted molar refractivity (Wildman–Crippen MR) is 67.9 cm³/mol. The van der Waals surface area contributed by atoms with E-state index in [1.807, 2.05) is 20.8 Å².